The topological polar surface area (TPSA) is 102 Å². The van der Waals surface area contributed by atoms with E-state index in [1.807, 2.05) is 36.4 Å². The van der Waals surface area contributed by atoms with E-state index in [9.17, 15) is 14.4 Å². The largest absolute Gasteiger partial charge is 0.388 e. The average molecular weight is 456 g/mol. The number of benzene rings is 3. The molecule has 0 spiro atoms. The van der Waals surface area contributed by atoms with Crippen molar-refractivity contribution in [3.05, 3.63) is 107 Å². The van der Waals surface area contributed by atoms with Gasteiger partial charge in [-0.1, -0.05) is 84.9 Å². The maximum absolute atomic E-state index is 13.0. The maximum atomic E-state index is 13.0. The van der Waals surface area contributed by atoms with E-state index in [1.54, 1.807) is 55.5 Å². The molecule has 0 bridgehead atoms. The number of hydrogen-bond donors (Lipinski definition) is 2. The predicted octanol–water partition coefficient (Wildman–Crippen LogP) is 4.83. The Balaban J connectivity index is 1.76. The summed E-state index contributed by atoms with van der Waals surface area (Å²) >= 11 is 0. The van der Waals surface area contributed by atoms with Crippen molar-refractivity contribution in [2.45, 2.75) is 38.8 Å². The molecule has 34 heavy (non-hydrogen) atoms. The molecule has 0 saturated carbocycles. The zero-order chi connectivity index (χ0) is 24.5. The van der Waals surface area contributed by atoms with Crippen LogP contribution in [0.2, 0.25) is 0 Å². The lowest BCUT2D eigenvalue weighted by Gasteiger charge is -2.18. The van der Waals surface area contributed by atoms with Gasteiger partial charge < -0.3 is 11.1 Å². The van der Waals surface area contributed by atoms with Crippen LogP contribution in [-0.2, 0) is 4.79 Å². The third-order valence-corrected chi connectivity index (χ3v) is 5.42. The van der Waals surface area contributed by atoms with E-state index in [0.29, 0.717) is 17.0 Å². The molecule has 3 aromatic rings. The molecule has 0 aliphatic heterocycles. The van der Waals surface area contributed by atoms with Crippen LogP contribution in [0.4, 0.5) is 0 Å². The molecule has 174 valence electrons. The smallest absolute Gasteiger partial charge is 0.217 e. The first kappa shape index (κ1) is 24.6. The molecule has 0 aliphatic carbocycles. The first-order valence-electron chi connectivity index (χ1n) is 11.2. The first-order chi connectivity index (χ1) is 16.3. The summed E-state index contributed by atoms with van der Waals surface area (Å²) in [5.74, 6) is 0.0482. The van der Waals surface area contributed by atoms with Gasteiger partial charge in [0.25, 0.3) is 0 Å². The molecule has 3 N–H and O–H groups in total. The molecule has 6 heteroatoms. The monoisotopic (exact) mass is 455 g/mol. The highest BCUT2D eigenvalue weighted by atomic mass is 16.1. The van der Waals surface area contributed by atoms with Gasteiger partial charge in [0, 0.05) is 30.9 Å². The van der Waals surface area contributed by atoms with Crippen molar-refractivity contribution in [3.8, 4) is 0 Å². The Hall–Kier alpha value is -4.06. The van der Waals surface area contributed by atoms with Crippen LogP contribution in [0.5, 0.6) is 0 Å². The third kappa shape index (κ3) is 6.97. The van der Waals surface area contributed by atoms with E-state index in [1.165, 1.54) is 6.92 Å². The minimum absolute atomic E-state index is 0.0677. The molecule has 1 amide bonds. The fourth-order valence-corrected chi connectivity index (χ4v) is 3.78. The molecule has 3 rings (SSSR count). The van der Waals surface area contributed by atoms with E-state index in [4.69, 9.17) is 5.73 Å². The number of hydrogen-bond acceptors (Lipinski definition) is 4. The molecule has 0 aliphatic rings. The van der Waals surface area contributed by atoms with E-state index in [0.717, 1.165) is 11.1 Å². The summed E-state index contributed by atoms with van der Waals surface area (Å²) < 4.78 is 0. The fraction of sp³-hybridized carbons (Fsp3) is 0.214. The minimum atomic E-state index is -0.490. The maximum Gasteiger partial charge on any atom is 0.217 e. The number of Topliss-reactive ketones (excluding diaryl/α,β-unsaturated/α-hetero) is 2. The Morgan fingerprint density at radius 3 is 1.82 bits per heavy atom. The Morgan fingerprint density at radius 2 is 1.26 bits per heavy atom. The van der Waals surface area contributed by atoms with Gasteiger partial charge in [-0.05, 0) is 18.1 Å². The molecule has 0 radical (unpaired) electrons. The standard InChI is InChI=1S/C28H29N3O3/c1-19(29)30-25(21-9-5-3-6-10-21)17-28(34)24-15-13-22(14-16-24)26(31-20(2)32)18-27(33)23-11-7-4-8-12-23/h3-16,25-26H,17-18H2,1-2H3,(H2,29,30)(H,31,32). The van der Waals surface area contributed by atoms with Crippen LogP contribution in [-0.4, -0.2) is 23.3 Å². The van der Waals surface area contributed by atoms with E-state index >= 15 is 0 Å². The molecule has 2 atom stereocenters. The number of rotatable bonds is 10. The summed E-state index contributed by atoms with van der Waals surface area (Å²) in [5.41, 5.74) is 8.59. The second-order valence-electron chi connectivity index (χ2n) is 8.19. The number of nitrogens with two attached hydrogens (primary N) is 1. The summed E-state index contributed by atoms with van der Waals surface area (Å²) in [7, 11) is 0. The van der Waals surface area contributed by atoms with Crippen molar-refractivity contribution in [1.29, 1.82) is 0 Å². The highest BCUT2D eigenvalue weighted by Crippen LogP contribution is 2.25. The van der Waals surface area contributed by atoms with E-state index in [2.05, 4.69) is 10.3 Å². The molecule has 0 saturated heterocycles. The number of amidine groups is 1. The Bertz CT molecular complexity index is 1150. The van der Waals surface area contributed by atoms with Crippen LogP contribution in [0, 0.1) is 0 Å². The van der Waals surface area contributed by atoms with Crippen LogP contribution in [0.25, 0.3) is 0 Å². The van der Waals surface area contributed by atoms with Gasteiger partial charge in [-0.25, -0.2) is 0 Å². The minimum Gasteiger partial charge on any atom is -0.388 e. The van der Waals surface area contributed by atoms with Crippen molar-refractivity contribution >= 4 is 23.3 Å². The summed E-state index contributed by atoms with van der Waals surface area (Å²) in [6.45, 7) is 3.12. The van der Waals surface area contributed by atoms with Gasteiger partial charge in [0.05, 0.1) is 17.9 Å². The number of amides is 1. The van der Waals surface area contributed by atoms with Gasteiger partial charge >= 0.3 is 0 Å². The molecule has 0 fully saturated rings. The molecular formula is C28H29N3O3. The second kappa shape index (κ2) is 11.7. The number of carbonyl (C=O) groups excluding carboxylic acids is 3. The number of nitrogens with zero attached hydrogens (tertiary/aromatic N) is 1. The quantitative estimate of drug-likeness (QED) is 0.260. The predicted molar refractivity (Wildman–Crippen MR) is 134 cm³/mol. The fourth-order valence-electron chi connectivity index (χ4n) is 3.78. The lowest BCUT2D eigenvalue weighted by molar-refractivity contribution is -0.119. The Morgan fingerprint density at radius 1 is 0.735 bits per heavy atom. The van der Waals surface area contributed by atoms with Gasteiger partial charge in [0.2, 0.25) is 5.91 Å². The number of carbonyl (C=O) groups is 3. The van der Waals surface area contributed by atoms with Crippen LogP contribution >= 0.6 is 0 Å². The molecule has 6 nitrogen and oxygen atoms in total. The lowest BCUT2D eigenvalue weighted by Crippen LogP contribution is -2.28. The van der Waals surface area contributed by atoms with Crippen LogP contribution in [0.15, 0.2) is 89.9 Å². The van der Waals surface area contributed by atoms with Crippen molar-refractivity contribution in [2.75, 3.05) is 0 Å². The molecule has 3 aromatic carbocycles. The number of aliphatic imine (C=N–C) groups is 1. The summed E-state index contributed by atoms with van der Waals surface area (Å²) in [4.78, 5) is 41.9. The van der Waals surface area contributed by atoms with Crippen LogP contribution in [0.1, 0.15) is 70.6 Å². The van der Waals surface area contributed by atoms with Crippen LogP contribution < -0.4 is 11.1 Å². The van der Waals surface area contributed by atoms with Gasteiger partial charge in [0.15, 0.2) is 11.6 Å². The second-order valence-corrected chi connectivity index (χ2v) is 8.19. The van der Waals surface area contributed by atoms with Gasteiger partial charge in [0.1, 0.15) is 0 Å². The Labute approximate surface area is 199 Å². The Kier molecular flexibility index (Phi) is 8.46. The number of ketones is 2. The van der Waals surface area contributed by atoms with E-state index in [-0.39, 0.29) is 36.4 Å². The molecule has 2 unspecified atom stereocenters. The van der Waals surface area contributed by atoms with E-state index < -0.39 is 6.04 Å². The highest BCUT2D eigenvalue weighted by molar-refractivity contribution is 5.97. The van der Waals surface area contributed by atoms with Gasteiger partial charge in [-0.3, -0.25) is 19.4 Å². The summed E-state index contributed by atoms with van der Waals surface area (Å²) in [6, 6.07) is 24.7. The van der Waals surface area contributed by atoms with Gasteiger partial charge in [-0.15, -0.1) is 0 Å². The first-order valence-corrected chi connectivity index (χ1v) is 11.2. The van der Waals surface area contributed by atoms with Crippen molar-refractivity contribution < 1.29 is 14.4 Å². The van der Waals surface area contributed by atoms with Crippen LogP contribution in [0.3, 0.4) is 0 Å². The molecular weight excluding hydrogens is 426 g/mol. The van der Waals surface area contributed by atoms with Crippen molar-refractivity contribution in [3.63, 3.8) is 0 Å². The normalized spacial score (nSPS) is 13.1. The third-order valence-electron chi connectivity index (χ3n) is 5.42. The zero-order valence-corrected chi connectivity index (χ0v) is 19.4. The van der Waals surface area contributed by atoms with Crippen molar-refractivity contribution in [1.82, 2.24) is 5.32 Å². The summed E-state index contributed by atoms with van der Waals surface area (Å²) in [6.07, 6.45) is 0.303. The number of nitrogens with one attached hydrogen (secondary N) is 1. The highest BCUT2D eigenvalue weighted by Gasteiger charge is 2.20. The molecule has 0 heterocycles. The lowest BCUT2D eigenvalue weighted by atomic mass is 9.94. The zero-order valence-electron chi connectivity index (χ0n) is 19.4. The molecule has 0 aromatic heterocycles. The van der Waals surface area contributed by atoms with Crippen molar-refractivity contribution in [2.24, 2.45) is 10.7 Å². The SMILES string of the molecule is CC(=O)NC(CC(=O)c1ccccc1)c1ccc(C(=O)CC(N=C(C)N)c2ccccc2)cc1. The van der Waals surface area contributed by atoms with Gasteiger partial charge in [-0.2, -0.15) is 0 Å². The summed E-state index contributed by atoms with van der Waals surface area (Å²) in [5, 5.41) is 2.84. The average Bonchev–Trinajstić information content (AvgIpc) is 2.84.